The summed E-state index contributed by atoms with van der Waals surface area (Å²) in [6.45, 7) is 4.40. The fourth-order valence-corrected chi connectivity index (χ4v) is 2.27. The molecule has 2 N–H and O–H groups in total. The molecule has 2 heterocycles. The van der Waals surface area contributed by atoms with Crippen molar-refractivity contribution in [2.75, 3.05) is 59.1 Å². The van der Waals surface area contributed by atoms with Gasteiger partial charge in [-0.3, -0.25) is 9.69 Å². The highest BCUT2D eigenvalue weighted by molar-refractivity contribution is 5.74. The highest BCUT2D eigenvalue weighted by Crippen LogP contribution is 2.03. The molecule has 0 aliphatic carbocycles. The van der Waals surface area contributed by atoms with E-state index < -0.39 is 5.97 Å². The van der Waals surface area contributed by atoms with E-state index in [4.69, 9.17) is 14.6 Å². The molecule has 0 spiro atoms. The van der Waals surface area contributed by atoms with E-state index in [1.165, 1.54) is 0 Å². The summed E-state index contributed by atoms with van der Waals surface area (Å²) < 4.78 is 10.7. The van der Waals surface area contributed by atoms with Crippen LogP contribution in [0.25, 0.3) is 0 Å². The number of carboxylic acids is 1. The van der Waals surface area contributed by atoms with Crippen molar-refractivity contribution in [3.8, 4) is 0 Å². The first-order chi connectivity index (χ1) is 9.65. The molecule has 2 aliphatic rings. The summed E-state index contributed by atoms with van der Waals surface area (Å²) in [5.41, 5.74) is 0. The SMILES string of the molecule is O=C(O)CN1CCN(C(=O)NCC2COCCO2)CC1. The minimum Gasteiger partial charge on any atom is -0.480 e. The predicted molar refractivity (Wildman–Crippen MR) is 69.6 cm³/mol. The number of hydrogen-bond donors (Lipinski definition) is 2. The number of hydrogen-bond acceptors (Lipinski definition) is 5. The number of aliphatic carboxylic acids is 1. The molecular formula is C12H21N3O5. The Balaban J connectivity index is 1.65. The fourth-order valence-electron chi connectivity index (χ4n) is 2.27. The average molecular weight is 287 g/mol. The van der Waals surface area contributed by atoms with Gasteiger partial charge in [-0.25, -0.2) is 4.79 Å². The second-order valence-electron chi connectivity index (χ2n) is 4.91. The number of nitrogens with one attached hydrogen (secondary N) is 1. The lowest BCUT2D eigenvalue weighted by Gasteiger charge is -2.34. The molecule has 114 valence electrons. The van der Waals surface area contributed by atoms with Crippen LogP contribution >= 0.6 is 0 Å². The van der Waals surface area contributed by atoms with E-state index in [1.54, 1.807) is 4.90 Å². The lowest BCUT2D eigenvalue weighted by molar-refractivity contribution is -0.138. The smallest absolute Gasteiger partial charge is 0.317 e. The zero-order valence-corrected chi connectivity index (χ0v) is 11.4. The Kier molecular flexibility index (Phi) is 5.57. The van der Waals surface area contributed by atoms with Gasteiger partial charge in [0.1, 0.15) is 0 Å². The third-order valence-electron chi connectivity index (χ3n) is 3.38. The van der Waals surface area contributed by atoms with Crippen LogP contribution in [0.5, 0.6) is 0 Å². The van der Waals surface area contributed by atoms with Crippen LogP contribution in [-0.2, 0) is 14.3 Å². The van der Waals surface area contributed by atoms with Crippen LogP contribution in [0.1, 0.15) is 0 Å². The number of rotatable bonds is 4. The van der Waals surface area contributed by atoms with Gasteiger partial charge in [0, 0.05) is 32.7 Å². The molecule has 0 aromatic carbocycles. The number of nitrogens with zero attached hydrogens (tertiary/aromatic N) is 2. The number of piperazine rings is 1. The van der Waals surface area contributed by atoms with Gasteiger partial charge in [0.05, 0.1) is 32.5 Å². The van der Waals surface area contributed by atoms with Crippen LogP contribution in [0.15, 0.2) is 0 Å². The standard InChI is InChI=1S/C12H21N3O5/c16-11(17)8-14-1-3-15(4-2-14)12(18)13-7-10-9-19-5-6-20-10/h10H,1-9H2,(H,13,18)(H,16,17). The van der Waals surface area contributed by atoms with Gasteiger partial charge in [-0.2, -0.15) is 0 Å². The van der Waals surface area contributed by atoms with Crippen molar-refractivity contribution in [2.45, 2.75) is 6.10 Å². The van der Waals surface area contributed by atoms with E-state index >= 15 is 0 Å². The zero-order chi connectivity index (χ0) is 14.4. The summed E-state index contributed by atoms with van der Waals surface area (Å²) in [6.07, 6.45) is -0.0824. The van der Waals surface area contributed by atoms with Crippen molar-refractivity contribution >= 4 is 12.0 Å². The van der Waals surface area contributed by atoms with Crippen LogP contribution in [0.3, 0.4) is 0 Å². The van der Waals surface area contributed by atoms with Gasteiger partial charge >= 0.3 is 12.0 Å². The zero-order valence-electron chi connectivity index (χ0n) is 11.4. The minimum atomic E-state index is -0.836. The summed E-state index contributed by atoms with van der Waals surface area (Å²) >= 11 is 0. The van der Waals surface area contributed by atoms with Crippen molar-refractivity contribution in [3.05, 3.63) is 0 Å². The molecule has 8 nitrogen and oxygen atoms in total. The minimum absolute atomic E-state index is 0.0305. The number of amides is 2. The molecule has 0 aromatic heterocycles. The van der Waals surface area contributed by atoms with Crippen LogP contribution in [-0.4, -0.2) is 92.1 Å². The van der Waals surface area contributed by atoms with Crippen molar-refractivity contribution in [3.63, 3.8) is 0 Å². The first kappa shape index (κ1) is 15.0. The van der Waals surface area contributed by atoms with E-state index in [0.29, 0.717) is 52.5 Å². The number of ether oxygens (including phenoxy) is 2. The molecule has 0 bridgehead atoms. The monoisotopic (exact) mass is 287 g/mol. The van der Waals surface area contributed by atoms with Crippen molar-refractivity contribution in [2.24, 2.45) is 0 Å². The molecular weight excluding hydrogens is 266 g/mol. The van der Waals surface area contributed by atoms with E-state index in [-0.39, 0.29) is 18.7 Å². The summed E-state index contributed by atoms with van der Waals surface area (Å²) in [5, 5.41) is 11.5. The van der Waals surface area contributed by atoms with Gasteiger partial charge in [0.25, 0.3) is 0 Å². The van der Waals surface area contributed by atoms with Gasteiger partial charge in [-0.1, -0.05) is 0 Å². The first-order valence-corrected chi connectivity index (χ1v) is 6.81. The predicted octanol–water partition coefficient (Wildman–Crippen LogP) is -1.19. The molecule has 0 saturated carbocycles. The highest BCUT2D eigenvalue weighted by Gasteiger charge is 2.23. The van der Waals surface area contributed by atoms with Crippen LogP contribution in [0.2, 0.25) is 0 Å². The number of carboxylic acid groups (broad SMARTS) is 1. The van der Waals surface area contributed by atoms with E-state index in [2.05, 4.69) is 5.32 Å². The van der Waals surface area contributed by atoms with E-state index in [1.807, 2.05) is 4.90 Å². The Hall–Kier alpha value is -1.38. The Morgan fingerprint density at radius 2 is 1.95 bits per heavy atom. The summed E-state index contributed by atoms with van der Waals surface area (Å²) in [5.74, 6) is -0.836. The molecule has 0 radical (unpaired) electrons. The van der Waals surface area contributed by atoms with Gasteiger partial charge < -0.3 is 24.8 Å². The van der Waals surface area contributed by atoms with Crippen LogP contribution < -0.4 is 5.32 Å². The molecule has 1 unspecified atom stereocenters. The molecule has 2 rings (SSSR count). The lowest BCUT2D eigenvalue weighted by atomic mass is 10.3. The Bertz CT molecular complexity index is 338. The maximum absolute atomic E-state index is 12.0. The van der Waals surface area contributed by atoms with Crippen LogP contribution in [0.4, 0.5) is 4.79 Å². The first-order valence-electron chi connectivity index (χ1n) is 6.81. The number of carbonyl (C=O) groups is 2. The van der Waals surface area contributed by atoms with Crippen molar-refractivity contribution in [1.29, 1.82) is 0 Å². The van der Waals surface area contributed by atoms with Gasteiger partial charge in [-0.05, 0) is 0 Å². The normalized spacial score (nSPS) is 24.4. The average Bonchev–Trinajstić information content (AvgIpc) is 2.46. The Morgan fingerprint density at radius 3 is 2.55 bits per heavy atom. The third-order valence-corrected chi connectivity index (χ3v) is 3.38. The lowest BCUT2D eigenvalue weighted by Crippen LogP contribution is -2.53. The van der Waals surface area contributed by atoms with Crippen molar-refractivity contribution in [1.82, 2.24) is 15.1 Å². The number of carbonyl (C=O) groups excluding carboxylic acids is 1. The summed E-state index contributed by atoms with van der Waals surface area (Å²) in [6, 6.07) is -0.130. The molecule has 2 fully saturated rings. The molecule has 2 saturated heterocycles. The quantitative estimate of drug-likeness (QED) is 0.676. The van der Waals surface area contributed by atoms with Gasteiger partial charge in [-0.15, -0.1) is 0 Å². The van der Waals surface area contributed by atoms with E-state index in [0.717, 1.165) is 0 Å². The van der Waals surface area contributed by atoms with Gasteiger partial charge in [0.2, 0.25) is 0 Å². The third kappa shape index (κ3) is 4.62. The molecule has 20 heavy (non-hydrogen) atoms. The number of urea groups is 1. The topological polar surface area (TPSA) is 91.3 Å². The second-order valence-corrected chi connectivity index (χ2v) is 4.91. The maximum atomic E-state index is 12.0. The maximum Gasteiger partial charge on any atom is 0.317 e. The molecule has 0 aromatic rings. The Morgan fingerprint density at radius 1 is 1.20 bits per heavy atom. The largest absolute Gasteiger partial charge is 0.480 e. The Labute approximate surface area is 117 Å². The fraction of sp³-hybridized carbons (Fsp3) is 0.833. The molecule has 2 amide bonds. The highest BCUT2D eigenvalue weighted by atomic mass is 16.6. The summed E-state index contributed by atoms with van der Waals surface area (Å²) in [7, 11) is 0. The second kappa shape index (κ2) is 7.41. The van der Waals surface area contributed by atoms with Crippen molar-refractivity contribution < 1.29 is 24.2 Å². The van der Waals surface area contributed by atoms with Crippen LogP contribution in [0, 0.1) is 0 Å². The van der Waals surface area contributed by atoms with Gasteiger partial charge in [0.15, 0.2) is 0 Å². The molecule has 2 aliphatic heterocycles. The molecule has 1 atom stereocenters. The summed E-state index contributed by atoms with van der Waals surface area (Å²) in [4.78, 5) is 26.1. The van der Waals surface area contributed by atoms with E-state index in [9.17, 15) is 9.59 Å². The molecule has 8 heteroatoms.